The van der Waals surface area contributed by atoms with Crippen molar-refractivity contribution in [3.8, 4) is 0 Å². The predicted molar refractivity (Wildman–Crippen MR) is 115 cm³/mol. The van der Waals surface area contributed by atoms with Crippen LogP contribution >= 0.6 is 22.6 Å². The Morgan fingerprint density at radius 3 is 2.25 bits per heavy atom. The van der Waals surface area contributed by atoms with E-state index in [0.29, 0.717) is 17.0 Å². The van der Waals surface area contributed by atoms with Crippen molar-refractivity contribution in [3.05, 3.63) is 67.8 Å². The van der Waals surface area contributed by atoms with Gasteiger partial charge in [-0.05, 0) is 71.5 Å². The molecule has 2 rings (SSSR count). The first kappa shape index (κ1) is 21.8. The van der Waals surface area contributed by atoms with Gasteiger partial charge < -0.3 is 0 Å². The molecule has 28 heavy (non-hydrogen) atoms. The van der Waals surface area contributed by atoms with Gasteiger partial charge in [0.15, 0.2) is 0 Å². The number of sulfonamides is 1. The van der Waals surface area contributed by atoms with E-state index in [0.717, 1.165) is 14.1 Å². The third-order valence-electron chi connectivity index (χ3n) is 3.65. The lowest BCUT2D eigenvalue weighted by atomic mass is 10.1. The van der Waals surface area contributed by atoms with Crippen molar-refractivity contribution in [1.82, 2.24) is 5.43 Å². The van der Waals surface area contributed by atoms with Crippen LogP contribution in [0, 0.1) is 13.7 Å². The summed E-state index contributed by atoms with van der Waals surface area (Å²) in [5.74, 6) is -0.620. The van der Waals surface area contributed by atoms with E-state index >= 15 is 0 Å². The SMILES string of the molecule is C/C(=N/NC(=O)CN(c1ccc(I)cc1)S(C)(=O)=O)c1ccc([N+](=O)[O-])cc1. The molecule has 0 atom stereocenters. The molecule has 1 amide bonds. The summed E-state index contributed by atoms with van der Waals surface area (Å²) in [5.41, 5.74) is 3.63. The van der Waals surface area contributed by atoms with E-state index in [9.17, 15) is 23.3 Å². The minimum absolute atomic E-state index is 0.0538. The molecule has 0 saturated heterocycles. The van der Waals surface area contributed by atoms with Gasteiger partial charge in [-0.2, -0.15) is 5.10 Å². The van der Waals surface area contributed by atoms with Crippen molar-refractivity contribution in [2.75, 3.05) is 17.1 Å². The molecule has 0 aliphatic heterocycles. The summed E-state index contributed by atoms with van der Waals surface area (Å²) < 4.78 is 26.0. The minimum atomic E-state index is -3.67. The molecule has 0 spiro atoms. The molecule has 0 radical (unpaired) electrons. The fraction of sp³-hybridized carbons (Fsp3) is 0.176. The number of benzene rings is 2. The van der Waals surface area contributed by atoms with Crippen LogP contribution in [0.5, 0.6) is 0 Å². The lowest BCUT2D eigenvalue weighted by Gasteiger charge is -2.21. The third kappa shape index (κ3) is 5.99. The Balaban J connectivity index is 2.10. The molecule has 2 aromatic carbocycles. The average Bonchev–Trinajstić information content (AvgIpc) is 2.64. The third-order valence-corrected chi connectivity index (χ3v) is 5.51. The number of nitro benzene ring substituents is 1. The number of hydrogen-bond donors (Lipinski definition) is 1. The summed E-state index contributed by atoms with van der Waals surface area (Å²) in [5, 5.41) is 14.6. The van der Waals surface area contributed by atoms with Crippen molar-refractivity contribution in [2.45, 2.75) is 6.92 Å². The van der Waals surface area contributed by atoms with Gasteiger partial charge in [0.1, 0.15) is 6.54 Å². The number of hydrazone groups is 1. The van der Waals surface area contributed by atoms with Crippen molar-refractivity contribution in [2.24, 2.45) is 5.10 Å². The van der Waals surface area contributed by atoms with Gasteiger partial charge in [0, 0.05) is 15.7 Å². The smallest absolute Gasteiger partial charge is 0.269 e. The van der Waals surface area contributed by atoms with Crippen LogP contribution in [0.3, 0.4) is 0 Å². The van der Waals surface area contributed by atoms with Gasteiger partial charge in [-0.3, -0.25) is 19.2 Å². The van der Waals surface area contributed by atoms with Gasteiger partial charge in [0.05, 0.1) is 22.6 Å². The largest absolute Gasteiger partial charge is 0.271 e. The summed E-state index contributed by atoms with van der Waals surface area (Å²) in [6.45, 7) is 1.19. The topological polar surface area (TPSA) is 122 Å². The Hall–Kier alpha value is -2.54. The van der Waals surface area contributed by atoms with Gasteiger partial charge in [-0.1, -0.05) is 0 Å². The molecule has 0 aliphatic carbocycles. The van der Waals surface area contributed by atoms with Crippen LogP contribution in [-0.4, -0.2) is 37.8 Å². The molecular weight excluding hydrogens is 499 g/mol. The molecule has 0 bridgehead atoms. The predicted octanol–water partition coefficient (Wildman–Crippen LogP) is 2.51. The van der Waals surface area contributed by atoms with Gasteiger partial charge in [0.25, 0.3) is 11.6 Å². The van der Waals surface area contributed by atoms with Crippen LogP contribution < -0.4 is 9.73 Å². The van der Waals surface area contributed by atoms with E-state index in [4.69, 9.17) is 0 Å². The van der Waals surface area contributed by atoms with Crippen molar-refractivity contribution < 1.29 is 18.1 Å². The van der Waals surface area contributed by atoms with E-state index < -0.39 is 27.4 Å². The highest BCUT2D eigenvalue weighted by molar-refractivity contribution is 14.1. The van der Waals surface area contributed by atoms with Gasteiger partial charge in [-0.15, -0.1) is 0 Å². The van der Waals surface area contributed by atoms with Crippen LogP contribution in [0.15, 0.2) is 53.6 Å². The van der Waals surface area contributed by atoms with E-state index in [1.165, 1.54) is 24.3 Å². The quantitative estimate of drug-likeness (QED) is 0.262. The molecule has 11 heteroatoms. The molecule has 0 saturated carbocycles. The molecule has 148 valence electrons. The summed E-state index contributed by atoms with van der Waals surface area (Å²) in [7, 11) is -3.67. The number of carbonyl (C=O) groups is 1. The lowest BCUT2D eigenvalue weighted by Crippen LogP contribution is -2.39. The highest BCUT2D eigenvalue weighted by atomic mass is 127. The number of non-ortho nitro benzene ring substituents is 1. The number of nitrogens with one attached hydrogen (secondary N) is 1. The minimum Gasteiger partial charge on any atom is -0.271 e. The molecule has 0 aliphatic rings. The van der Waals surface area contributed by atoms with Crippen LogP contribution in [0.25, 0.3) is 0 Å². The molecule has 2 aromatic rings. The fourth-order valence-electron chi connectivity index (χ4n) is 2.21. The zero-order valence-corrected chi connectivity index (χ0v) is 18.0. The second-order valence-corrected chi connectivity index (χ2v) is 8.93. The first-order chi connectivity index (χ1) is 13.1. The summed E-state index contributed by atoms with van der Waals surface area (Å²) in [4.78, 5) is 22.4. The van der Waals surface area contributed by atoms with E-state index in [1.807, 2.05) is 0 Å². The Morgan fingerprint density at radius 2 is 1.75 bits per heavy atom. The highest BCUT2D eigenvalue weighted by Gasteiger charge is 2.20. The molecule has 0 fully saturated rings. The second-order valence-electron chi connectivity index (χ2n) is 5.78. The number of nitrogens with zero attached hydrogens (tertiary/aromatic N) is 3. The normalized spacial score (nSPS) is 11.8. The second kappa shape index (κ2) is 9.10. The first-order valence-corrected chi connectivity index (χ1v) is 10.8. The summed E-state index contributed by atoms with van der Waals surface area (Å²) >= 11 is 2.10. The summed E-state index contributed by atoms with van der Waals surface area (Å²) in [6.07, 6.45) is 1.02. The molecule has 0 unspecified atom stereocenters. The molecule has 1 N–H and O–H groups in total. The monoisotopic (exact) mass is 516 g/mol. The molecule has 0 aromatic heterocycles. The van der Waals surface area contributed by atoms with E-state index in [2.05, 4.69) is 33.1 Å². The zero-order valence-electron chi connectivity index (χ0n) is 15.0. The number of hydrogen-bond acceptors (Lipinski definition) is 6. The maximum atomic E-state index is 12.2. The Kier molecular flexibility index (Phi) is 7.07. The van der Waals surface area contributed by atoms with E-state index in [-0.39, 0.29) is 5.69 Å². The number of carbonyl (C=O) groups excluding carboxylic acids is 1. The average molecular weight is 516 g/mol. The standard InChI is InChI=1S/C17H17IN4O5S/c1-12(13-3-7-16(8-4-13)22(24)25)19-20-17(23)11-21(28(2,26)27)15-9-5-14(18)6-10-15/h3-10H,11H2,1-2H3,(H,20,23)/b19-12-. The maximum absolute atomic E-state index is 12.2. The Morgan fingerprint density at radius 1 is 1.18 bits per heavy atom. The molecule has 0 heterocycles. The maximum Gasteiger partial charge on any atom is 0.269 e. The van der Waals surface area contributed by atoms with E-state index in [1.54, 1.807) is 31.2 Å². The van der Waals surface area contributed by atoms with Crippen LogP contribution in [0.2, 0.25) is 0 Å². The van der Waals surface area contributed by atoms with Gasteiger partial charge in [-0.25, -0.2) is 13.8 Å². The Bertz CT molecular complexity index is 1000. The van der Waals surface area contributed by atoms with Gasteiger partial charge >= 0.3 is 0 Å². The lowest BCUT2D eigenvalue weighted by molar-refractivity contribution is -0.384. The van der Waals surface area contributed by atoms with Crippen molar-refractivity contribution in [1.29, 1.82) is 0 Å². The molecular formula is C17H17IN4O5S. The fourth-order valence-corrected chi connectivity index (χ4v) is 3.42. The Labute approximate surface area is 175 Å². The zero-order chi connectivity index (χ0) is 20.9. The highest BCUT2D eigenvalue weighted by Crippen LogP contribution is 2.19. The van der Waals surface area contributed by atoms with Crippen LogP contribution in [-0.2, 0) is 14.8 Å². The number of rotatable bonds is 7. The van der Waals surface area contributed by atoms with Crippen molar-refractivity contribution in [3.63, 3.8) is 0 Å². The number of halogens is 1. The van der Waals surface area contributed by atoms with Crippen LogP contribution in [0.4, 0.5) is 11.4 Å². The number of nitro groups is 1. The number of amides is 1. The van der Waals surface area contributed by atoms with Gasteiger partial charge in [0.2, 0.25) is 10.0 Å². The number of anilines is 1. The molecule has 9 nitrogen and oxygen atoms in total. The van der Waals surface area contributed by atoms with Crippen molar-refractivity contribution >= 4 is 55.6 Å². The van der Waals surface area contributed by atoms with Crippen LogP contribution in [0.1, 0.15) is 12.5 Å². The first-order valence-electron chi connectivity index (χ1n) is 7.89. The summed E-state index contributed by atoms with van der Waals surface area (Å²) in [6, 6.07) is 12.4.